The average molecular weight is 388 g/mol. The second-order valence-corrected chi connectivity index (χ2v) is 5.64. The number of carbonyl (C=O) groups excluding carboxylic acids is 2. The highest BCUT2D eigenvalue weighted by Crippen LogP contribution is 2.26. The molecular weight excluding hydrogens is 368 g/mol. The predicted molar refractivity (Wildman–Crippen MR) is 103 cm³/mol. The van der Waals surface area contributed by atoms with Crippen molar-refractivity contribution in [3.05, 3.63) is 58.1 Å². The van der Waals surface area contributed by atoms with Gasteiger partial charge in [0.15, 0.2) is 6.61 Å². The molecule has 0 radical (unpaired) electrons. The zero-order valence-electron chi connectivity index (χ0n) is 15.1. The van der Waals surface area contributed by atoms with Gasteiger partial charge in [0.1, 0.15) is 11.4 Å². The minimum Gasteiger partial charge on any atom is -0.484 e. The Labute approximate surface area is 160 Å². The Morgan fingerprint density at radius 2 is 1.89 bits per heavy atom. The van der Waals surface area contributed by atoms with E-state index in [4.69, 9.17) is 15.2 Å². The Morgan fingerprint density at radius 3 is 2.50 bits per heavy atom. The molecule has 0 atom stereocenters. The van der Waals surface area contributed by atoms with Gasteiger partial charge in [0, 0.05) is 31.0 Å². The molecule has 28 heavy (non-hydrogen) atoms. The number of ether oxygens (including phenoxy) is 2. The largest absolute Gasteiger partial charge is 0.484 e. The summed E-state index contributed by atoms with van der Waals surface area (Å²) in [6.07, 6.45) is 0. The molecule has 0 saturated carbocycles. The molecule has 0 aromatic heterocycles. The fourth-order valence-electron chi connectivity index (χ4n) is 2.25. The smallest absolute Gasteiger partial charge is 0.293 e. The molecule has 10 nitrogen and oxygen atoms in total. The van der Waals surface area contributed by atoms with Crippen LogP contribution in [0.1, 0.15) is 10.4 Å². The van der Waals surface area contributed by atoms with E-state index in [0.717, 1.165) is 0 Å². The summed E-state index contributed by atoms with van der Waals surface area (Å²) in [6.45, 7) is 0.533. The lowest BCUT2D eigenvalue weighted by atomic mass is 10.1. The average Bonchev–Trinajstić information content (AvgIpc) is 2.67. The molecular formula is C18H20N4O6. The predicted octanol–water partition coefficient (Wildman–Crippen LogP) is 1.77. The number of nitro groups is 1. The highest BCUT2D eigenvalue weighted by atomic mass is 16.6. The van der Waals surface area contributed by atoms with Gasteiger partial charge in [-0.25, -0.2) is 0 Å². The Bertz CT molecular complexity index is 854. The minimum absolute atomic E-state index is 0.137. The molecule has 2 rings (SSSR count). The Kier molecular flexibility index (Phi) is 7.28. The highest BCUT2D eigenvalue weighted by molar-refractivity contribution is 6.05. The van der Waals surface area contributed by atoms with Crippen LogP contribution >= 0.6 is 0 Å². The van der Waals surface area contributed by atoms with Crippen LogP contribution in [-0.4, -0.2) is 43.6 Å². The molecule has 2 amide bonds. The summed E-state index contributed by atoms with van der Waals surface area (Å²) in [6, 6.07) is 10.4. The zero-order chi connectivity index (χ0) is 20.5. The van der Waals surface area contributed by atoms with Crippen molar-refractivity contribution in [2.45, 2.75) is 0 Å². The molecule has 148 valence electrons. The molecule has 0 aliphatic carbocycles. The Balaban J connectivity index is 2.07. The molecule has 0 aliphatic heterocycles. The van der Waals surface area contributed by atoms with E-state index in [2.05, 4.69) is 10.6 Å². The fraction of sp³-hybridized carbons (Fsp3) is 0.222. The third kappa shape index (κ3) is 5.95. The third-order valence-corrected chi connectivity index (χ3v) is 3.57. The van der Waals surface area contributed by atoms with E-state index in [1.165, 1.54) is 25.3 Å². The van der Waals surface area contributed by atoms with Crippen LogP contribution in [0.2, 0.25) is 0 Å². The second kappa shape index (κ2) is 9.88. The van der Waals surface area contributed by atoms with Crippen molar-refractivity contribution in [1.29, 1.82) is 0 Å². The zero-order valence-corrected chi connectivity index (χ0v) is 15.1. The summed E-state index contributed by atoms with van der Waals surface area (Å²) in [5.41, 5.74) is 5.69. The van der Waals surface area contributed by atoms with Gasteiger partial charge in [0.25, 0.3) is 17.5 Å². The maximum absolute atomic E-state index is 12.4. The van der Waals surface area contributed by atoms with Crippen molar-refractivity contribution < 1.29 is 24.0 Å². The van der Waals surface area contributed by atoms with E-state index in [1.807, 2.05) is 0 Å². The quantitative estimate of drug-likeness (QED) is 0.319. The van der Waals surface area contributed by atoms with Crippen molar-refractivity contribution in [3.63, 3.8) is 0 Å². The molecule has 0 aliphatic rings. The van der Waals surface area contributed by atoms with Gasteiger partial charge in [0.05, 0.1) is 11.5 Å². The lowest BCUT2D eigenvalue weighted by molar-refractivity contribution is -0.384. The van der Waals surface area contributed by atoms with E-state index in [0.29, 0.717) is 30.3 Å². The van der Waals surface area contributed by atoms with Crippen LogP contribution in [-0.2, 0) is 9.53 Å². The van der Waals surface area contributed by atoms with Crippen LogP contribution in [0.5, 0.6) is 5.75 Å². The molecule has 4 N–H and O–H groups in total. The van der Waals surface area contributed by atoms with Crippen LogP contribution in [0.15, 0.2) is 42.5 Å². The molecule has 0 heterocycles. The van der Waals surface area contributed by atoms with Crippen LogP contribution in [0.3, 0.4) is 0 Å². The lowest BCUT2D eigenvalue weighted by Crippen LogP contribution is -2.20. The van der Waals surface area contributed by atoms with E-state index in [1.54, 1.807) is 24.3 Å². The summed E-state index contributed by atoms with van der Waals surface area (Å²) in [5, 5.41) is 16.8. The number of primary amides is 1. The van der Waals surface area contributed by atoms with E-state index < -0.39 is 16.7 Å². The first-order valence-electron chi connectivity index (χ1n) is 8.24. The molecule has 0 spiro atoms. The van der Waals surface area contributed by atoms with Gasteiger partial charge in [0.2, 0.25) is 0 Å². The number of nitrogens with two attached hydrogens (primary N) is 1. The van der Waals surface area contributed by atoms with Gasteiger partial charge in [-0.3, -0.25) is 19.7 Å². The Morgan fingerprint density at radius 1 is 1.18 bits per heavy atom. The maximum Gasteiger partial charge on any atom is 0.293 e. The first kappa shape index (κ1) is 20.6. The number of nitrogens with zero attached hydrogens (tertiary/aromatic N) is 1. The van der Waals surface area contributed by atoms with Crippen molar-refractivity contribution in [3.8, 4) is 5.75 Å². The van der Waals surface area contributed by atoms with Gasteiger partial charge in [-0.05, 0) is 36.4 Å². The highest BCUT2D eigenvalue weighted by Gasteiger charge is 2.17. The summed E-state index contributed by atoms with van der Waals surface area (Å²) >= 11 is 0. The van der Waals surface area contributed by atoms with Crippen LogP contribution < -0.4 is 21.1 Å². The number of carbonyl (C=O) groups is 2. The van der Waals surface area contributed by atoms with E-state index in [9.17, 15) is 19.7 Å². The number of nitro benzene ring substituents is 1. The van der Waals surface area contributed by atoms with Gasteiger partial charge >= 0.3 is 0 Å². The van der Waals surface area contributed by atoms with Crippen molar-refractivity contribution >= 4 is 28.9 Å². The van der Waals surface area contributed by atoms with Gasteiger partial charge in [-0.1, -0.05) is 0 Å². The molecule has 0 bridgehead atoms. The molecule has 2 aromatic rings. The summed E-state index contributed by atoms with van der Waals surface area (Å²) in [5.74, 6) is -0.685. The molecule has 0 saturated heterocycles. The SMILES string of the molecule is COCCNc1ccc(C(=O)Nc2ccc(OCC(N)=O)cc2)cc1[N+](=O)[O-]. The number of rotatable bonds is 10. The fourth-order valence-corrected chi connectivity index (χ4v) is 2.25. The third-order valence-electron chi connectivity index (χ3n) is 3.57. The van der Waals surface area contributed by atoms with E-state index in [-0.39, 0.29) is 17.9 Å². The standard InChI is InChI=1S/C18H20N4O6/c1-27-9-8-20-15-7-2-12(10-16(15)22(25)26)18(24)21-13-3-5-14(6-4-13)28-11-17(19)23/h2-7,10,20H,8-9,11H2,1H3,(H2,19,23)(H,21,24). The maximum atomic E-state index is 12.4. The number of methoxy groups -OCH3 is 1. The van der Waals surface area contributed by atoms with Crippen molar-refractivity contribution in [1.82, 2.24) is 0 Å². The lowest BCUT2D eigenvalue weighted by Gasteiger charge is -2.10. The first-order chi connectivity index (χ1) is 13.4. The molecule has 2 aromatic carbocycles. The second-order valence-electron chi connectivity index (χ2n) is 5.64. The Hall–Kier alpha value is -3.66. The van der Waals surface area contributed by atoms with E-state index >= 15 is 0 Å². The molecule has 10 heteroatoms. The summed E-state index contributed by atoms with van der Waals surface area (Å²) < 4.78 is 10.0. The van der Waals surface area contributed by atoms with Gasteiger partial charge < -0.3 is 25.8 Å². The number of benzene rings is 2. The van der Waals surface area contributed by atoms with Crippen LogP contribution in [0.4, 0.5) is 17.1 Å². The number of hydrogen-bond donors (Lipinski definition) is 3. The van der Waals surface area contributed by atoms with Crippen LogP contribution in [0.25, 0.3) is 0 Å². The summed E-state index contributed by atoms with van der Waals surface area (Å²) in [4.78, 5) is 33.8. The van der Waals surface area contributed by atoms with Gasteiger partial charge in [-0.2, -0.15) is 0 Å². The monoisotopic (exact) mass is 388 g/mol. The number of amides is 2. The topological polar surface area (TPSA) is 146 Å². The first-order valence-corrected chi connectivity index (χ1v) is 8.24. The normalized spacial score (nSPS) is 10.2. The van der Waals surface area contributed by atoms with Crippen molar-refractivity contribution in [2.24, 2.45) is 5.73 Å². The minimum atomic E-state index is -0.598. The van der Waals surface area contributed by atoms with Gasteiger partial charge in [-0.15, -0.1) is 0 Å². The van der Waals surface area contributed by atoms with Crippen molar-refractivity contribution in [2.75, 3.05) is 37.5 Å². The molecule has 0 unspecified atom stereocenters. The van der Waals surface area contributed by atoms with Crippen LogP contribution in [0, 0.1) is 10.1 Å². The number of nitrogens with one attached hydrogen (secondary N) is 2. The number of hydrogen-bond acceptors (Lipinski definition) is 7. The number of anilines is 2. The summed E-state index contributed by atoms with van der Waals surface area (Å²) in [7, 11) is 1.53. The molecule has 0 fully saturated rings.